The lowest BCUT2D eigenvalue weighted by molar-refractivity contribution is -0.297. The van der Waals surface area contributed by atoms with Crippen molar-refractivity contribution in [2.24, 2.45) is 0 Å². The van der Waals surface area contributed by atoms with Crippen LogP contribution in [0.25, 0.3) is 6.08 Å². The molecule has 0 fully saturated rings. The van der Waals surface area contributed by atoms with Crippen LogP contribution in [-0.2, 0) is 4.79 Å². The number of carbonyl (C=O) groups is 2. The molecule has 2 aromatic carbocycles. The van der Waals surface area contributed by atoms with E-state index in [1.54, 1.807) is 48.5 Å². The summed E-state index contributed by atoms with van der Waals surface area (Å²) in [6.45, 7) is 0. The molecular weight excluding hydrogens is 240 g/mol. The van der Waals surface area contributed by atoms with Crippen LogP contribution in [0.5, 0.6) is 0 Å². The van der Waals surface area contributed by atoms with Crippen LogP contribution < -0.4 is 5.11 Å². The first-order chi connectivity index (χ1) is 9.18. The van der Waals surface area contributed by atoms with Gasteiger partial charge in [-0.05, 0) is 11.6 Å². The van der Waals surface area contributed by atoms with Gasteiger partial charge in [-0.15, -0.1) is 0 Å². The number of carboxylic acids is 1. The van der Waals surface area contributed by atoms with Crippen molar-refractivity contribution in [3.8, 4) is 0 Å². The molecule has 3 nitrogen and oxygen atoms in total. The Bertz CT molecular complexity index is 627. The summed E-state index contributed by atoms with van der Waals surface area (Å²) in [6, 6.07) is 15.7. The van der Waals surface area contributed by atoms with Crippen molar-refractivity contribution < 1.29 is 14.7 Å². The third-order valence-corrected chi connectivity index (χ3v) is 2.64. The summed E-state index contributed by atoms with van der Waals surface area (Å²) in [7, 11) is 0. The largest absolute Gasteiger partial charge is 0.545 e. The molecule has 0 heterocycles. The lowest BCUT2D eigenvalue weighted by atomic mass is 9.98. The summed E-state index contributed by atoms with van der Waals surface area (Å²) in [5.74, 6) is -1.43. The number of carboxylic acid groups (broad SMARTS) is 1. The summed E-state index contributed by atoms with van der Waals surface area (Å²) in [5, 5.41) is 10.4. The van der Waals surface area contributed by atoms with Gasteiger partial charge < -0.3 is 9.90 Å². The summed E-state index contributed by atoms with van der Waals surface area (Å²) in [4.78, 5) is 22.8. The van der Waals surface area contributed by atoms with E-state index < -0.39 is 5.97 Å². The molecule has 0 aliphatic heterocycles. The highest BCUT2D eigenvalue weighted by molar-refractivity contribution is 6.11. The molecule has 2 aromatic rings. The van der Waals surface area contributed by atoms with Crippen LogP contribution in [0.4, 0.5) is 0 Å². The molecule has 0 spiro atoms. The zero-order valence-electron chi connectivity index (χ0n) is 10.1. The Morgan fingerprint density at radius 3 is 2.21 bits per heavy atom. The van der Waals surface area contributed by atoms with Crippen LogP contribution in [-0.4, -0.2) is 11.8 Å². The van der Waals surface area contributed by atoms with Gasteiger partial charge in [-0.2, -0.15) is 0 Å². The molecule has 0 aliphatic carbocycles. The van der Waals surface area contributed by atoms with E-state index in [1.807, 2.05) is 6.07 Å². The number of carbonyl (C=O) groups excluding carboxylic acids is 2. The molecule has 0 saturated carbocycles. The van der Waals surface area contributed by atoms with Gasteiger partial charge in [0.15, 0.2) is 5.78 Å². The van der Waals surface area contributed by atoms with Gasteiger partial charge in [0.2, 0.25) is 0 Å². The maximum absolute atomic E-state index is 12.3. The van der Waals surface area contributed by atoms with Crippen molar-refractivity contribution in [1.82, 2.24) is 0 Å². The van der Waals surface area contributed by atoms with Crippen LogP contribution >= 0.6 is 0 Å². The van der Waals surface area contributed by atoms with Crippen molar-refractivity contribution in [2.45, 2.75) is 0 Å². The third kappa shape index (κ3) is 3.16. The van der Waals surface area contributed by atoms with Crippen LogP contribution in [0.3, 0.4) is 0 Å². The van der Waals surface area contributed by atoms with E-state index in [1.165, 1.54) is 6.08 Å². The van der Waals surface area contributed by atoms with Gasteiger partial charge in [0, 0.05) is 11.1 Å². The standard InChI is InChI=1S/C16H12O3/c17-15(18)11-10-12-6-4-5-9-14(12)16(19)13-7-2-1-3-8-13/h1-11H,(H,17,18)/p-1/b11-10+. The van der Waals surface area contributed by atoms with Gasteiger partial charge in [0.25, 0.3) is 0 Å². The van der Waals surface area contributed by atoms with E-state index >= 15 is 0 Å². The minimum atomic E-state index is -1.29. The molecule has 0 amide bonds. The molecule has 0 aliphatic rings. The Hall–Kier alpha value is -2.68. The molecule has 0 saturated heterocycles. The zero-order chi connectivity index (χ0) is 13.7. The van der Waals surface area contributed by atoms with E-state index in [-0.39, 0.29) is 5.78 Å². The second-order valence-corrected chi connectivity index (χ2v) is 3.93. The van der Waals surface area contributed by atoms with Crippen LogP contribution in [0.1, 0.15) is 21.5 Å². The van der Waals surface area contributed by atoms with E-state index in [0.717, 1.165) is 6.08 Å². The van der Waals surface area contributed by atoms with Crippen molar-refractivity contribution in [2.75, 3.05) is 0 Å². The number of aliphatic carboxylic acids is 1. The molecular formula is C16H11O3-. The first kappa shape index (κ1) is 12.8. The molecule has 0 unspecified atom stereocenters. The number of hydrogen-bond acceptors (Lipinski definition) is 3. The van der Waals surface area contributed by atoms with Gasteiger partial charge in [0.05, 0.1) is 5.97 Å². The number of rotatable bonds is 4. The Morgan fingerprint density at radius 1 is 0.895 bits per heavy atom. The van der Waals surface area contributed by atoms with Gasteiger partial charge in [-0.3, -0.25) is 4.79 Å². The van der Waals surface area contributed by atoms with Crippen molar-refractivity contribution in [3.05, 3.63) is 77.4 Å². The quantitative estimate of drug-likeness (QED) is 0.613. The van der Waals surface area contributed by atoms with Gasteiger partial charge >= 0.3 is 0 Å². The monoisotopic (exact) mass is 251 g/mol. The number of benzene rings is 2. The third-order valence-electron chi connectivity index (χ3n) is 2.64. The molecule has 94 valence electrons. The summed E-state index contributed by atoms with van der Waals surface area (Å²) >= 11 is 0. The summed E-state index contributed by atoms with van der Waals surface area (Å²) in [6.07, 6.45) is 2.28. The van der Waals surface area contributed by atoms with E-state index in [4.69, 9.17) is 0 Å². The fourth-order valence-corrected chi connectivity index (χ4v) is 1.75. The molecule has 0 aromatic heterocycles. The van der Waals surface area contributed by atoms with Crippen molar-refractivity contribution in [1.29, 1.82) is 0 Å². The molecule has 19 heavy (non-hydrogen) atoms. The lowest BCUT2D eigenvalue weighted by Crippen LogP contribution is -2.18. The van der Waals surface area contributed by atoms with Crippen LogP contribution in [0.15, 0.2) is 60.7 Å². The molecule has 0 radical (unpaired) electrons. The predicted molar refractivity (Wildman–Crippen MR) is 70.4 cm³/mol. The summed E-state index contributed by atoms with van der Waals surface area (Å²) in [5.41, 5.74) is 1.59. The smallest absolute Gasteiger partial charge is 0.193 e. The first-order valence-corrected chi connectivity index (χ1v) is 5.76. The lowest BCUT2D eigenvalue weighted by Gasteiger charge is -2.05. The molecule has 0 N–H and O–H groups in total. The van der Waals surface area contributed by atoms with Gasteiger partial charge in [-0.25, -0.2) is 0 Å². The molecule has 3 heteroatoms. The van der Waals surface area contributed by atoms with Crippen LogP contribution in [0, 0.1) is 0 Å². The van der Waals surface area contributed by atoms with Crippen molar-refractivity contribution >= 4 is 17.8 Å². The topological polar surface area (TPSA) is 57.2 Å². The average Bonchev–Trinajstić information content (AvgIpc) is 2.45. The van der Waals surface area contributed by atoms with Crippen molar-refractivity contribution in [3.63, 3.8) is 0 Å². The fourth-order valence-electron chi connectivity index (χ4n) is 1.75. The van der Waals surface area contributed by atoms with Crippen LogP contribution in [0.2, 0.25) is 0 Å². The highest BCUT2D eigenvalue weighted by Crippen LogP contribution is 2.15. The van der Waals surface area contributed by atoms with E-state index in [2.05, 4.69) is 0 Å². The summed E-state index contributed by atoms with van der Waals surface area (Å²) < 4.78 is 0. The molecule has 0 atom stereocenters. The molecule has 0 bridgehead atoms. The highest BCUT2D eigenvalue weighted by Gasteiger charge is 2.10. The fraction of sp³-hybridized carbons (Fsp3) is 0. The second-order valence-electron chi connectivity index (χ2n) is 3.93. The Balaban J connectivity index is 2.40. The number of hydrogen-bond donors (Lipinski definition) is 0. The predicted octanol–water partition coefficient (Wildman–Crippen LogP) is 1.68. The maximum Gasteiger partial charge on any atom is 0.193 e. The minimum absolute atomic E-state index is 0.140. The number of ketones is 1. The van der Waals surface area contributed by atoms with E-state index in [9.17, 15) is 14.7 Å². The molecule has 2 rings (SSSR count). The average molecular weight is 251 g/mol. The second kappa shape index (κ2) is 5.78. The van der Waals surface area contributed by atoms with Gasteiger partial charge in [-0.1, -0.05) is 60.7 Å². The van der Waals surface area contributed by atoms with E-state index in [0.29, 0.717) is 16.7 Å². The zero-order valence-corrected chi connectivity index (χ0v) is 10.1. The normalized spacial score (nSPS) is 10.5. The maximum atomic E-state index is 12.3. The minimum Gasteiger partial charge on any atom is -0.545 e. The SMILES string of the molecule is O=C([O-])/C=C/c1ccccc1C(=O)c1ccccc1. The Labute approximate surface area is 110 Å². The highest BCUT2D eigenvalue weighted by atomic mass is 16.4. The first-order valence-electron chi connectivity index (χ1n) is 5.76. The Kier molecular flexibility index (Phi) is 3.88. The Morgan fingerprint density at radius 2 is 1.53 bits per heavy atom. The van der Waals surface area contributed by atoms with Gasteiger partial charge in [0.1, 0.15) is 0 Å².